The first-order chi connectivity index (χ1) is 4.57. The molecular formula is C7H10O2S. The summed E-state index contributed by atoms with van der Waals surface area (Å²) in [5.41, 5.74) is 0. The van der Waals surface area contributed by atoms with Gasteiger partial charge in [-0.3, -0.25) is 4.79 Å². The summed E-state index contributed by atoms with van der Waals surface area (Å²) in [5, 5.41) is 8.00. The van der Waals surface area contributed by atoms with Gasteiger partial charge in [0.1, 0.15) is 5.25 Å². The van der Waals surface area contributed by atoms with Crippen LogP contribution < -0.4 is 0 Å². The molecule has 0 aromatic heterocycles. The average Bonchev–Trinajstić information content (AvgIpc) is 1.87. The van der Waals surface area contributed by atoms with Crippen LogP contribution in [0.3, 0.4) is 0 Å². The molecule has 2 unspecified atom stereocenters. The molecule has 0 aromatic rings. The molecule has 56 valence electrons. The molecular weight excluding hydrogens is 148 g/mol. The summed E-state index contributed by atoms with van der Waals surface area (Å²) in [6.45, 7) is 3.44. The van der Waals surface area contributed by atoms with Crippen molar-refractivity contribution in [3.8, 4) is 12.3 Å². The molecule has 0 aliphatic carbocycles. The van der Waals surface area contributed by atoms with E-state index in [1.165, 1.54) is 11.8 Å². The topological polar surface area (TPSA) is 37.3 Å². The highest BCUT2D eigenvalue weighted by atomic mass is 32.2. The average molecular weight is 158 g/mol. The Labute approximate surface area is 65.0 Å². The van der Waals surface area contributed by atoms with Crippen LogP contribution in [0.4, 0.5) is 0 Å². The second kappa shape index (κ2) is 4.24. The fourth-order valence-electron chi connectivity index (χ4n) is 0.404. The molecule has 10 heavy (non-hydrogen) atoms. The summed E-state index contributed by atoms with van der Waals surface area (Å²) >= 11 is 1.27. The first-order valence-electron chi connectivity index (χ1n) is 2.92. The molecule has 0 radical (unpaired) electrons. The van der Waals surface area contributed by atoms with Crippen molar-refractivity contribution < 1.29 is 9.90 Å². The highest BCUT2D eigenvalue weighted by Gasteiger charge is 2.13. The summed E-state index contributed by atoms with van der Waals surface area (Å²) in [7, 11) is 0. The highest BCUT2D eigenvalue weighted by molar-refractivity contribution is 8.01. The van der Waals surface area contributed by atoms with Crippen LogP contribution in [0.25, 0.3) is 0 Å². The zero-order valence-electron chi connectivity index (χ0n) is 6.00. The lowest BCUT2D eigenvalue weighted by Crippen LogP contribution is -2.14. The van der Waals surface area contributed by atoms with Crippen molar-refractivity contribution in [2.24, 2.45) is 0 Å². The number of carboxylic acid groups (broad SMARTS) is 1. The molecule has 0 rings (SSSR count). The Balaban J connectivity index is 3.70. The third-order valence-corrected chi connectivity index (χ3v) is 2.14. The predicted octanol–water partition coefficient (Wildman–Crippen LogP) is 1.21. The van der Waals surface area contributed by atoms with E-state index in [9.17, 15) is 4.79 Å². The Morgan fingerprint density at radius 1 is 1.70 bits per heavy atom. The van der Waals surface area contributed by atoms with Crippen molar-refractivity contribution in [3.05, 3.63) is 0 Å². The lowest BCUT2D eigenvalue weighted by molar-refractivity contribution is -0.136. The predicted molar refractivity (Wildman–Crippen MR) is 43.0 cm³/mol. The first-order valence-corrected chi connectivity index (χ1v) is 3.86. The minimum absolute atomic E-state index is 0.0221. The van der Waals surface area contributed by atoms with Crippen LogP contribution >= 0.6 is 11.8 Å². The number of carbonyl (C=O) groups is 1. The highest BCUT2D eigenvalue weighted by Crippen LogP contribution is 2.16. The van der Waals surface area contributed by atoms with E-state index < -0.39 is 11.2 Å². The van der Waals surface area contributed by atoms with Crippen LogP contribution in [0.2, 0.25) is 0 Å². The van der Waals surface area contributed by atoms with Crippen molar-refractivity contribution in [1.82, 2.24) is 0 Å². The van der Waals surface area contributed by atoms with E-state index in [2.05, 4.69) is 5.92 Å². The van der Waals surface area contributed by atoms with Gasteiger partial charge in [-0.2, -0.15) is 0 Å². The smallest absolute Gasteiger partial charge is 0.316 e. The zero-order valence-corrected chi connectivity index (χ0v) is 6.81. The first kappa shape index (κ1) is 9.38. The van der Waals surface area contributed by atoms with Gasteiger partial charge in [-0.1, -0.05) is 5.92 Å². The lowest BCUT2D eigenvalue weighted by Gasteiger charge is -2.06. The van der Waals surface area contributed by atoms with Crippen molar-refractivity contribution in [3.63, 3.8) is 0 Å². The fraction of sp³-hybridized carbons (Fsp3) is 0.571. The van der Waals surface area contributed by atoms with Gasteiger partial charge in [0.25, 0.3) is 0 Å². The van der Waals surface area contributed by atoms with Gasteiger partial charge in [-0.25, -0.2) is 0 Å². The minimum atomic E-state index is -0.813. The monoisotopic (exact) mass is 158 g/mol. The molecule has 0 fully saturated rings. The third kappa shape index (κ3) is 3.41. The molecule has 0 bridgehead atoms. The molecule has 0 amide bonds. The molecule has 0 spiro atoms. The number of carboxylic acids is 1. The second-order valence-electron chi connectivity index (χ2n) is 1.93. The molecule has 0 heterocycles. The van der Waals surface area contributed by atoms with Gasteiger partial charge in [0.05, 0.1) is 5.25 Å². The molecule has 0 aliphatic heterocycles. The number of aliphatic carboxylic acids is 1. The van der Waals surface area contributed by atoms with Crippen molar-refractivity contribution >= 4 is 17.7 Å². The van der Waals surface area contributed by atoms with Gasteiger partial charge < -0.3 is 5.11 Å². The van der Waals surface area contributed by atoms with Gasteiger partial charge in [-0.05, 0) is 13.8 Å². The Morgan fingerprint density at radius 3 is 2.50 bits per heavy atom. The van der Waals surface area contributed by atoms with Crippen LogP contribution in [-0.4, -0.2) is 21.6 Å². The summed E-state index contributed by atoms with van der Waals surface area (Å²) in [5.74, 6) is 1.64. The quantitative estimate of drug-likeness (QED) is 0.627. The standard InChI is InChI=1S/C7H10O2S/c1-4-5(2)10-6(3)7(8)9/h1,5-6H,2-3H3,(H,8,9). The second-order valence-corrected chi connectivity index (χ2v) is 3.61. The maximum absolute atomic E-state index is 10.3. The Kier molecular flexibility index (Phi) is 3.97. The number of hydrogen-bond donors (Lipinski definition) is 1. The number of terminal acetylenes is 1. The fourth-order valence-corrected chi connectivity index (χ4v) is 1.21. The molecule has 3 heteroatoms. The van der Waals surface area contributed by atoms with Crippen LogP contribution in [-0.2, 0) is 4.79 Å². The van der Waals surface area contributed by atoms with Crippen molar-refractivity contribution in [2.45, 2.75) is 24.3 Å². The summed E-state index contributed by atoms with van der Waals surface area (Å²) in [6.07, 6.45) is 5.06. The van der Waals surface area contributed by atoms with Crippen LogP contribution in [0.1, 0.15) is 13.8 Å². The van der Waals surface area contributed by atoms with E-state index in [-0.39, 0.29) is 5.25 Å². The maximum atomic E-state index is 10.3. The van der Waals surface area contributed by atoms with Gasteiger partial charge in [0.2, 0.25) is 0 Å². The Hall–Kier alpha value is -0.620. The van der Waals surface area contributed by atoms with E-state index in [0.717, 1.165) is 0 Å². The SMILES string of the molecule is C#CC(C)SC(C)C(=O)O. The Bertz CT molecular complexity index is 159. The molecule has 0 saturated heterocycles. The van der Waals surface area contributed by atoms with Gasteiger partial charge in [0, 0.05) is 0 Å². The van der Waals surface area contributed by atoms with E-state index in [1.54, 1.807) is 6.92 Å². The molecule has 0 aromatic carbocycles. The van der Waals surface area contributed by atoms with E-state index in [4.69, 9.17) is 11.5 Å². The van der Waals surface area contributed by atoms with Crippen molar-refractivity contribution in [2.75, 3.05) is 0 Å². The van der Waals surface area contributed by atoms with Crippen molar-refractivity contribution in [1.29, 1.82) is 0 Å². The van der Waals surface area contributed by atoms with Gasteiger partial charge in [-0.15, -0.1) is 18.2 Å². The largest absolute Gasteiger partial charge is 0.480 e. The third-order valence-electron chi connectivity index (χ3n) is 0.991. The maximum Gasteiger partial charge on any atom is 0.316 e. The molecule has 0 aliphatic rings. The molecule has 2 atom stereocenters. The van der Waals surface area contributed by atoms with Gasteiger partial charge >= 0.3 is 5.97 Å². The van der Waals surface area contributed by atoms with Crippen LogP contribution in [0, 0.1) is 12.3 Å². The number of thioether (sulfide) groups is 1. The normalized spacial score (nSPS) is 15.3. The molecule has 2 nitrogen and oxygen atoms in total. The Morgan fingerprint density at radius 2 is 2.20 bits per heavy atom. The summed E-state index contributed by atoms with van der Waals surface area (Å²) in [4.78, 5) is 10.3. The van der Waals surface area contributed by atoms with E-state index in [1.807, 2.05) is 6.92 Å². The summed E-state index contributed by atoms with van der Waals surface area (Å²) < 4.78 is 0. The molecule has 0 saturated carbocycles. The lowest BCUT2D eigenvalue weighted by atomic mass is 10.5. The number of rotatable bonds is 3. The van der Waals surface area contributed by atoms with Crippen LogP contribution in [0.15, 0.2) is 0 Å². The molecule has 1 N–H and O–H groups in total. The zero-order chi connectivity index (χ0) is 8.15. The van der Waals surface area contributed by atoms with Gasteiger partial charge in [0.15, 0.2) is 0 Å². The number of hydrogen-bond acceptors (Lipinski definition) is 2. The minimum Gasteiger partial charge on any atom is -0.480 e. The van der Waals surface area contributed by atoms with Crippen LogP contribution in [0.5, 0.6) is 0 Å². The van der Waals surface area contributed by atoms with E-state index in [0.29, 0.717) is 0 Å². The van der Waals surface area contributed by atoms with E-state index >= 15 is 0 Å². The summed E-state index contributed by atoms with van der Waals surface area (Å²) in [6, 6.07) is 0.